The van der Waals surface area contributed by atoms with Gasteiger partial charge in [-0.1, -0.05) is 12.5 Å². The van der Waals surface area contributed by atoms with Crippen molar-refractivity contribution in [3.63, 3.8) is 0 Å². The number of piperidine rings is 1. The summed E-state index contributed by atoms with van der Waals surface area (Å²) < 4.78 is 6.00. The maximum Gasteiger partial charge on any atom is 0.143 e. The second-order valence-corrected chi connectivity index (χ2v) is 6.83. The predicted octanol–water partition coefficient (Wildman–Crippen LogP) is 3.37. The number of fused-ring (bicyclic) bond motifs is 1. The van der Waals surface area contributed by atoms with Crippen LogP contribution in [0.1, 0.15) is 45.6 Å². The largest absolute Gasteiger partial charge is 0.487 e. The maximum absolute atomic E-state index is 6.00. The average molecular weight is 288 g/mol. The van der Waals surface area contributed by atoms with Crippen LogP contribution in [0.4, 0.5) is 5.69 Å². The molecular formula is C18H28N2O. The summed E-state index contributed by atoms with van der Waals surface area (Å²) in [5, 5.41) is 3.64. The molecule has 0 aliphatic carbocycles. The van der Waals surface area contributed by atoms with Crippen molar-refractivity contribution < 1.29 is 4.74 Å². The van der Waals surface area contributed by atoms with Crippen LogP contribution < -0.4 is 15.0 Å². The van der Waals surface area contributed by atoms with E-state index in [0.717, 1.165) is 18.7 Å². The Bertz CT molecular complexity index is 480. The summed E-state index contributed by atoms with van der Waals surface area (Å²) in [6, 6.07) is 7.91. The van der Waals surface area contributed by atoms with E-state index in [4.69, 9.17) is 4.74 Å². The van der Waals surface area contributed by atoms with Crippen LogP contribution in [0.25, 0.3) is 0 Å². The molecule has 3 nitrogen and oxygen atoms in total. The van der Waals surface area contributed by atoms with E-state index >= 15 is 0 Å². The van der Waals surface area contributed by atoms with Gasteiger partial charge in [0.1, 0.15) is 11.9 Å². The molecule has 2 atom stereocenters. The van der Waals surface area contributed by atoms with Crippen molar-refractivity contribution in [1.29, 1.82) is 0 Å². The molecule has 2 heterocycles. The van der Waals surface area contributed by atoms with E-state index in [2.05, 4.69) is 49.2 Å². The van der Waals surface area contributed by atoms with Crippen molar-refractivity contribution in [1.82, 2.24) is 5.32 Å². The number of rotatable bonds is 3. The number of hydrogen-bond acceptors (Lipinski definition) is 3. The number of benzene rings is 1. The second-order valence-electron chi connectivity index (χ2n) is 6.83. The van der Waals surface area contributed by atoms with Crippen LogP contribution in [0, 0.1) is 0 Å². The van der Waals surface area contributed by atoms with E-state index in [-0.39, 0.29) is 6.10 Å². The summed E-state index contributed by atoms with van der Waals surface area (Å²) >= 11 is 0. The summed E-state index contributed by atoms with van der Waals surface area (Å²) in [5.74, 6) is 1.04. The van der Waals surface area contributed by atoms with Gasteiger partial charge in [0.25, 0.3) is 0 Å². The Morgan fingerprint density at radius 2 is 2.19 bits per heavy atom. The minimum Gasteiger partial charge on any atom is -0.487 e. The summed E-state index contributed by atoms with van der Waals surface area (Å²) in [4.78, 5) is 2.47. The first-order valence-electron chi connectivity index (χ1n) is 8.43. The molecule has 0 amide bonds. The molecule has 1 saturated heterocycles. The van der Waals surface area contributed by atoms with E-state index in [9.17, 15) is 0 Å². The summed E-state index contributed by atoms with van der Waals surface area (Å²) in [5.41, 5.74) is 2.70. The van der Waals surface area contributed by atoms with Crippen LogP contribution in [0.5, 0.6) is 5.75 Å². The highest BCUT2D eigenvalue weighted by molar-refractivity contribution is 5.62. The van der Waals surface area contributed by atoms with Gasteiger partial charge >= 0.3 is 0 Å². The van der Waals surface area contributed by atoms with Gasteiger partial charge < -0.3 is 15.0 Å². The molecule has 2 aliphatic rings. The Hall–Kier alpha value is -1.22. The molecule has 1 N–H and O–H groups in total. The molecule has 0 bridgehead atoms. The smallest absolute Gasteiger partial charge is 0.143 e. The lowest BCUT2D eigenvalue weighted by atomic mass is 9.97. The van der Waals surface area contributed by atoms with Gasteiger partial charge in [-0.05, 0) is 64.3 Å². The SMILES string of the molecule is CC1CN(C(C)C)c2cc(CC3CCCCN3)ccc2O1. The maximum atomic E-state index is 6.00. The van der Waals surface area contributed by atoms with Crippen molar-refractivity contribution in [3.8, 4) is 5.75 Å². The van der Waals surface area contributed by atoms with Gasteiger partial charge in [-0.2, -0.15) is 0 Å². The van der Waals surface area contributed by atoms with E-state index < -0.39 is 0 Å². The third-order valence-electron chi connectivity index (χ3n) is 4.63. The fourth-order valence-electron chi connectivity index (χ4n) is 3.52. The van der Waals surface area contributed by atoms with Gasteiger partial charge in [0.05, 0.1) is 12.2 Å². The van der Waals surface area contributed by atoms with Gasteiger partial charge in [-0.3, -0.25) is 0 Å². The van der Waals surface area contributed by atoms with Crippen LogP contribution >= 0.6 is 0 Å². The Balaban J connectivity index is 1.80. The average Bonchev–Trinajstić information content (AvgIpc) is 2.47. The lowest BCUT2D eigenvalue weighted by Crippen LogP contribution is -2.42. The van der Waals surface area contributed by atoms with Crippen LogP contribution in [-0.2, 0) is 6.42 Å². The molecule has 0 saturated carbocycles. The van der Waals surface area contributed by atoms with E-state index in [1.165, 1.54) is 37.1 Å². The zero-order valence-corrected chi connectivity index (χ0v) is 13.6. The van der Waals surface area contributed by atoms with E-state index in [0.29, 0.717) is 12.1 Å². The molecule has 2 unspecified atom stereocenters. The lowest BCUT2D eigenvalue weighted by molar-refractivity contribution is 0.209. The van der Waals surface area contributed by atoms with Gasteiger partial charge in [-0.15, -0.1) is 0 Å². The fourth-order valence-corrected chi connectivity index (χ4v) is 3.52. The molecule has 3 rings (SSSR count). The fraction of sp³-hybridized carbons (Fsp3) is 0.667. The van der Waals surface area contributed by atoms with Crippen molar-refractivity contribution >= 4 is 5.69 Å². The molecule has 0 radical (unpaired) electrons. The van der Waals surface area contributed by atoms with Gasteiger partial charge in [-0.25, -0.2) is 0 Å². The third-order valence-corrected chi connectivity index (χ3v) is 4.63. The van der Waals surface area contributed by atoms with Gasteiger partial charge in [0, 0.05) is 12.1 Å². The Kier molecular flexibility index (Phi) is 4.39. The summed E-state index contributed by atoms with van der Waals surface area (Å²) in [6.45, 7) is 8.83. The minimum atomic E-state index is 0.269. The first-order valence-corrected chi connectivity index (χ1v) is 8.43. The molecule has 0 spiro atoms. The quantitative estimate of drug-likeness (QED) is 0.923. The molecule has 116 valence electrons. The van der Waals surface area contributed by atoms with Crippen molar-refractivity contribution in [3.05, 3.63) is 23.8 Å². The Morgan fingerprint density at radius 1 is 1.33 bits per heavy atom. The zero-order valence-electron chi connectivity index (χ0n) is 13.6. The number of nitrogens with zero attached hydrogens (tertiary/aromatic N) is 1. The van der Waals surface area contributed by atoms with E-state index in [1.807, 2.05) is 0 Å². The molecular weight excluding hydrogens is 260 g/mol. The molecule has 2 aliphatic heterocycles. The first-order chi connectivity index (χ1) is 10.1. The van der Waals surface area contributed by atoms with Crippen molar-refractivity contribution in [2.75, 3.05) is 18.0 Å². The standard InChI is InChI=1S/C18H28N2O/c1-13(2)20-12-14(3)21-18-8-7-15(11-17(18)20)10-16-6-4-5-9-19-16/h7-8,11,13-14,16,19H,4-6,9-10,12H2,1-3H3. The molecule has 3 heteroatoms. The van der Waals surface area contributed by atoms with Crippen LogP contribution in [0.3, 0.4) is 0 Å². The monoisotopic (exact) mass is 288 g/mol. The number of anilines is 1. The van der Waals surface area contributed by atoms with Crippen LogP contribution in [0.2, 0.25) is 0 Å². The predicted molar refractivity (Wildman–Crippen MR) is 88.4 cm³/mol. The Morgan fingerprint density at radius 3 is 2.90 bits per heavy atom. The highest BCUT2D eigenvalue weighted by atomic mass is 16.5. The number of hydrogen-bond donors (Lipinski definition) is 1. The van der Waals surface area contributed by atoms with Crippen LogP contribution in [0.15, 0.2) is 18.2 Å². The molecule has 1 fully saturated rings. The lowest BCUT2D eigenvalue weighted by Gasteiger charge is -2.38. The van der Waals surface area contributed by atoms with Crippen LogP contribution in [-0.4, -0.2) is 31.3 Å². The van der Waals surface area contributed by atoms with Crippen molar-refractivity contribution in [2.24, 2.45) is 0 Å². The van der Waals surface area contributed by atoms with E-state index in [1.54, 1.807) is 0 Å². The highest BCUT2D eigenvalue weighted by Gasteiger charge is 2.25. The van der Waals surface area contributed by atoms with Gasteiger partial charge in [0.2, 0.25) is 0 Å². The molecule has 1 aromatic rings. The zero-order chi connectivity index (χ0) is 14.8. The minimum absolute atomic E-state index is 0.269. The Labute approximate surface area is 128 Å². The summed E-state index contributed by atoms with van der Waals surface area (Å²) in [6.07, 6.45) is 5.40. The van der Waals surface area contributed by atoms with Crippen molar-refractivity contribution in [2.45, 2.75) is 64.6 Å². The normalized spacial score (nSPS) is 25.6. The number of nitrogens with one attached hydrogen (secondary N) is 1. The molecule has 21 heavy (non-hydrogen) atoms. The number of ether oxygens (including phenoxy) is 1. The summed E-state index contributed by atoms with van der Waals surface area (Å²) in [7, 11) is 0. The highest BCUT2D eigenvalue weighted by Crippen LogP contribution is 2.35. The topological polar surface area (TPSA) is 24.5 Å². The third kappa shape index (κ3) is 3.34. The first kappa shape index (κ1) is 14.7. The second kappa shape index (κ2) is 6.27. The molecule has 1 aromatic carbocycles. The van der Waals surface area contributed by atoms with Gasteiger partial charge in [0.15, 0.2) is 0 Å². The molecule has 0 aromatic heterocycles.